The molecule has 0 aliphatic carbocycles. The van der Waals surface area contributed by atoms with E-state index in [1.807, 2.05) is 42.9 Å². The number of ether oxygens (including phenoxy) is 2. The summed E-state index contributed by atoms with van der Waals surface area (Å²) in [6.07, 6.45) is 8.56. The largest absolute Gasteiger partial charge is 0.445 e. The zero-order valence-electron chi connectivity index (χ0n) is 34.5. The Morgan fingerprint density at radius 3 is 1.62 bits per heavy atom. The fraction of sp³-hybridized carbons (Fsp3) is 0.489. The third kappa shape index (κ3) is 10.1. The number of carbonyl (C=O) groups excluding carboxylic acids is 2. The summed E-state index contributed by atoms with van der Waals surface area (Å²) in [5, 5.41) is 0.767. The zero-order chi connectivity index (χ0) is 40.8. The van der Waals surface area contributed by atoms with E-state index in [1.165, 1.54) is 16.7 Å². The minimum Gasteiger partial charge on any atom is -0.445 e. The molecule has 1 unspecified atom stereocenters. The molecule has 0 bridgehead atoms. The number of fused-ring (bicyclic) bond motifs is 1. The summed E-state index contributed by atoms with van der Waals surface area (Å²) in [7, 11) is 0. The Hall–Kier alpha value is -4.59. The van der Waals surface area contributed by atoms with Crippen LogP contribution in [0, 0.1) is 11.8 Å². The molecule has 316 valence electrons. The molecular formula is C47H57ClN8O4. The third-order valence-corrected chi connectivity index (χ3v) is 13.3. The van der Waals surface area contributed by atoms with Gasteiger partial charge in [0, 0.05) is 114 Å². The Morgan fingerprint density at radius 2 is 1.03 bits per heavy atom. The predicted molar refractivity (Wildman–Crippen MR) is 230 cm³/mol. The lowest BCUT2D eigenvalue weighted by Crippen LogP contribution is -2.51. The minimum atomic E-state index is -0.596. The van der Waals surface area contributed by atoms with Crippen LogP contribution in [0.1, 0.15) is 59.9 Å². The second-order valence-corrected chi connectivity index (χ2v) is 17.7. The number of pyridine rings is 2. The highest BCUT2D eigenvalue weighted by atomic mass is 35.5. The van der Waals surface area contributed by atoms with Crippen LogP contribution in [0.25, 0.3) is 0 Å². The Labute approximate surface area is 359 Å². The number of rotatable bonds is 11. The molecule has 4 fully saturated rings. The molecule has 7 heterocycles. The van der Waals surface area contributed by atoms with Gasteiger partial charge in [-0.05, 0) is 123 Å². The van der Waals surface area contributed by atoms with Gasteiger partial charge in [-0.2, -0.15) is 0 Å². The third-order valence-electron chi connectivity index (χ3n) is 13.1. The number of nitrogens with zero attached hydrogens (tertiary/aromatic N) is 8. The summed E-state index contributed by atoms with van der Waals surface area (Å²) >= 11 is 6.18. The molecule has 0 radical (unpaired) electrons. The Bertz CT molecular complexity index is 2080. The summed E-state index contributed by atoms with van der Waals surface area (Å²) in [6.45, 7) is 13.7. The van der Waals surface area contributed by atoms with Gasteiger partial charge in [-0.15, -0.1) is 0 Å². The fourth-order valence-electron chi connectivity index (χ4n) is 9.54. The highest BCUT2D eigenvalue weighted by Crippen LogP contribution is 2.41. The molecule has 0 saturated carbocycles. The van der Waals surface area contributed by atoms with Gasteiger partial charge in [0.15, 0.2) is 11.5 Å². The van der Waals surface area contributed by atoms with Crippen molar-refractivity contribution < 1.29 is 19.1 Å². The molecule has 13 heteroatoms. The summed E-state index contributed by atoms with van der Waals surface area (Å²) in [5.74, 6) is 2.33. The Kier molecular flexibility index (Phi) is 12.9. The monoisotopic (exact) mass is 832 g/mol. The van der Waals surface area contributed by atoms with Crippen molar-refractivity contribution in [1.29, 1.82) is 0 Å². The first-order valence-electron chi connectivity index (χ1n) is 21.9. The minimum absolute atomic E-state index is 0.0918. The van der Waals surface area contributed by atoms with Crippen molar-refractivity contribution in [1.82, 2.24) is 39.4 Å². The van der Waals surface area contributed by atoms with E-state index < -0.39 is 6.29 Å². The van der Waals surface area contributed by atoms with Crippen LogP contribution in [0.4, 0.5) is 0 Å². The first kappa shape index (κ1) is 40.8. The van der Waals surface area contributed by atoms with Crippen molar-refractivity contribution in [3.8, 4) is 11.5 Å². The van der Waals surface area contributed by atoms with Gasteiger partial charge in [-0.1, -0.05) is 29.8 Å². The van der Waals surface area contributed by atoms with Crippen LogP contribution in [0.2, 0.25) is 5.02 Å². The number of hydrogen-bond acceptors (Lipinski definition) is 10. The molecule has 5 aliphatic rings. The molecular weight excluding hydrogens is 776 g/mol. The number of piperazine rings is 2. The number of piperidine rings is 2. The van der Waals surface area contributed by atoms with Gasteiger partial charge in [-0.3, -0.25) is 39.2 Å². The molecule has 4 aromatic rings. The van der Waals surface area contributed by atoms with E-state index in [-0.39, 0.29) is 11.8 Å². The van der Waals surface area contributed by atoms with Gasteiger partial charge in [0.05, 0.1) is 0 Å². The summed E-state index contributed by atoms with van der Waals surface area (Å²) in [5.41, 5.74) is 5.57. The number of benzene rings is 2. The van der Waals surface area contributed by atoms with E-state index in [0.717, 1.165) is 158 Å². The van der Waals surface area contributed by atoms with Crippen molar-refractivity contribution in [2.24, 2.45) is 11.8 Å². The number of aromatic nitrogens is 2. The number of hydrogen-bond donors (Lipinski definition) is 0. The average molecular weight is 833 g/mol. The maximum Gasteiger partial charge on any atom is 0.284 e. The van der Waals surface area contributed by atoms with Gasteiger partial charge in [-0.25, -0.2) is 0 Å². The van der Waals surface area contributed by atoms with E-state index in [4.69, 9.17) is 21.1 Å². The second-order valence-electron chi connectivity index (χ2n) is 17.2. The molecule has 12 nitrogen and oxygen atoms in total. The lowest BCUT2D eigenvalue weighted by molar-refractivity contribution is -0.139. The van der Waals surface area contributed by atoms with E-state index >= 15 is 0 Å². The summed E-state index contributed by atoms with van der Waals surface area (Å²) < 4.78 is 12.6. The maximum absolute atomic E-state index is 13.5. The molecule has 2 aromatic carbocycles. The van der Waals surface area contributed by atoms with E-state index in [2.05, 4.69) is 81.8 Å². The normalized spacial score (nSPS) is 21.4. The lowest BCUT2D eigenvalue weighted by Gasteiger charge is -2.38. The Morgan fingerprint density at radius 1 is 0.533 bits per heavy atom. The lowest BCUT2D eigenvalue weighted by atomic mass is 9.94. The van der Waals surface area contributed by atoms with Crippen LogP contribution in [-0.4, -0.2) is 130 Å². The Balaban J connectivity index is 0.691. The molecule has 1 atom stereocenters. The molecule has 0 spiro atoms. The van der Waals surface area contributed by atoms with E-state index in [9.17, 15) is 9.59 Å². The van der Waals surface area contributed by atoms with E-state index in [1.54, 1.807) is 0 Å². The smallest absolute Gasteiger partial charge is 0.284 e. The van der Waals surface area contributed by atoms with Crippen LogP contribution in [0.3, 0.4) is 0 Å². The van der Waals surface area contributed by atoms with Crippen molar-refractivity contribution in [3.63, 3.8) is 0 Å². The quantitative estimate of drug-likeness (QED) is 0.187. The number of amides is 2. The summed E-state index contributed by atoms with van der Waals surface area (Å²) in [4.78, 5) is 49.6. The number of carbonyl (C=O) groups is 2. The van der Waals surface area contributed by atoms with Gasteiger partial charge in [0.2, 0.25) is 11.8 Å². The first-order chi connectivity index (χ1) is 29.4. The van der Waals surface area contributed by atoms with Crippen molar-refractivity contribution in [3.05, 3.63) is 118 Å². The molecule has 2 amide bonds. The van der Waals surface area contributed by atoms with Crippen LogP contribution in [-0.2, 0) is 35.8 Å². The first-order valence-corrected chi connectivity index (χ1v) is 22.3. The zero-order valence-corrected chi connectivity index (χ0v) is 35.3. The highest BCUT2D eigenvalue weighted by molar-refractivity contribution is 6.30. The SMILES string of the molecule is O=C(C1CCN(Cc2ccnc(C3Oc4ccc(CN5CCN(C(=O)C6CCN(Cc7ccncc7)CC6)CC5)cc4O3)c2)CC1)N1CCN(Cc2cccc(Cl)c2)CC1. The number of halogens is 1. The van der Waals surface area contributed by atoms with Crippen LogP contribution in [0.5, 0.6) is 11.5 Å². The van der Waals surface area contributed by atoms with Gasteiger partial charge < -0.3 is 19.3 Å². The van der Waals surface area contributed by atoms with Gasteiger partial charge in [0.25, 0.3) is 6.29 Å². The average Bonchev–Trinajstić information content (AvgIpc) is 3.71. The summed E-state index contributed by atoms with van der Waals surface area (Å²) in [6, 6.07) is 22.5. The van der Waals surface area contributed by atoms with Crippen molar-refractivity contribution in [2.75, 3.05) is 78.5 Å². The standard InChI is InChI=1S/C47H57ClN8O4/c48-41-3-1-2-36(28-41)32-53-20-24-55(25-21-53)46(58)40-11-18-52(19-12-40)34-38-8-15-50-42(29-38)47-59-43-5-4-37(30-44(43)60-47)33-54-22-26-56(27-23-54)45(57)39-9-16-51(17-10-39)31-35-6-13-49-14-7-35/h1-8,13-15,28-30,39-40,47H,9-12,16-27,31-34H2. The maximum atomic E-state index is 13.5. The molecule has 2 aromatic heterocycles. The van der Waals surface area contributed by atoms with Crippen LogP contribution in [0.15, 0.2) is 85.3 Å². The predicted octanol–water partition coefficient (Wildman–Crippen LogP) is 5.71. The van der Waals surface area contributed by atoms with Crippen LogP contribution >= 0.6 is 11.6 Å². The van der Waals surface area contributed by atoms with E-state index in [0.29, 0.717) is 11.8 Å². The highest BCUT2D eigenvalue weighted by Gasteiger charge is 2.33. The van der Waals surface area contributed by atoms with Crippen molar-refractivity contribution >= 4 is 23.4 Å². The van der Waals surface area contributed by atoms with Gasteiger partial charge in [0.1, 0.15) is 5.69 Å². The molecule has 4 saturated heterocycles. The van der Waals surface area contributed by atoms with Crippen LogP contribution < -0.4 is 9.47 Å². The molecule has 5 aliphatic heterocycles. The second kappa shape index (κ2) is 19.0. The number of likely N-dealkylation sites (tertiary alicyclic amines) is 2. The van der Waals surface area contributed by atoms with Crippen molar-refractivity contribution in [2.45, 2.75) is 58.2 Å². The molecule has 0 N–H and O–H groups in total. The van der Waals surface area contributed by atoms with Gasteiger partial charge >= 0.3 is 0 Å². The molecule has 60 heavy (non-hydrogen) atoms. The fourth-order valence-corrected chi connectivity index (χ4v) is 9.75. The molecule has 9 rings (SSSR count). The topological polar surface area (TPSA) is 97.8 Å².